The first-order chi connectivity index (χ1) is 6.86. The second-order valence-corrected chi connectivity index (χ2v) is 4.48. The van der Waals surface area contributed by atoms with E-state index in [1.807, 2.05) is 0 Å². The summed E-state index contributed by atoms with van der Waals surface area (Å²) in [6.07, 6.45) is 6.69. The molecule has 0 nitrogen and oxygen atoms in total. The first-order valence-electron chi connectivity index (χ1n) is 5.73. The summed E-state index contributed by atoms with van der Waals surface area (Å²) in [4.78, 5) is 0. The topological polar surface area (TPSA) is 0 Å². The third kappa shape index (κ3) is 2.87. The standard InChI is InChI=1S/C14H19/c1-12(14-10-11-14)6-5-9-13-7-3-2-4-8-13/h2-4,7-8,12,14H,1,5-6,9-11H2. The van der Waals surface area contributed by atoms with Gasteiger partial charge < -0.3 is 0 Å². The van der Waals surface area contributed by atoms with Crippen LogP contribution in [0.3, 0.4) is 0 Å². The quantitative estimate of drug-likeness (QED) is 0.656. The predicted molar refractivity (Wildman–Crippen MR) is 61.0 cm³/mol. The van der Waals surface area contributed by atoms with E-state index < -0.39 is 0 Å². The van der Waals surface area contributed by atoms with E-state index in [9.17, 15) is 0 Å². The van der Waals surface area contributed by atoms with Crippen molar-refractivity contribution in [2.75, 3.05) is 0 Å². The molecule has 0 amide bonds. The van der Waals surface area contributed by atoms with Gasteiger partial charge in [-0.3, -0.25) is 0 Å². The zero-order valence-electron chi connectivity index (χ0n) is 8.78. The van der Waals surface area contributed by atoms with E-state index in [0.717, 1.165) is 11.8 Å². The Morgan fingerprint density at radius 1 is 1.21 bits per heavy atom. The van der Waals surface area contributed by atoms with Gasteiger partial charge in [-0.1, -0.05) is 30.3 Å². The SMILES string of the molecule is [CH2]C(CCCc1ccccc1)C1CC1. The monoisotopic (exact) mass is 187 g/mol. The molecule has 0 aromatic heterocycles. The Balaban J connectivity index is 1.67. The van der Waals surface area contributed by atoms with Gasteiger partial charge in [0.2, 0.25) is 0 Å². The molecule has 0 spiro atoms. The molecule has 1 aromatic rings. The van der Waals surface area contributed by atoms with Gasteiger partial charge in [-0.2, -0.15) is 0 Å². The molecule has 1 unspecified atom stereocenters. The maximum absolute atomic E-state index is 4.23. The van der Waals surface area contributed by atoms with Crippen molar-refractivity contribution >= 4 is 0 Å². The highest BCUT2D eigenvalue weighted by molar-refractivity contribution is 5.14. The summed E-state index contributed by atoms with van der Waals surface area (Å²) in [5.74, 6) is 1.68. The van der Waals surface area contributed by atoms with Crippen LogP contribution in [0.2, 0.25) is 0 Å². The minimum absolute atomic E-state index is 0.721. The van der Waals surface area contributed by atoms with Crippen LogP contribution in [0, 0.1) is 18.8 Å². The maximum Gasteiger partial charge on any atom is -0.0279 e. The molecule has 0 bridgehead atoms. The Labute approximate surface area is 87.3 Å². The third-order valence-electron chi connectivity index (χ3n) is 3.17. The van der Waals surface area contributed by atoms with Crippen LogP contribution in [0.1, 0.15) is 31.2 Å². The minimum Gasteiger partial charge on any atom is -0.0622 e. The van der Waals surface area contributed by atoms with E-state index in [1.165, 1.54) is 37.7 Å². The Kier molecular flexibility index (Phi) is 3.23. The van der Waals surface area contributed by atoms with E-state index >= 15 is 0 Å². The van der Waals surface area contributed by atoms with E-state index in [2.05, 4.69) is 37.3 Å². The highest BCUT2D eigenvalue weighted by Crippen LogP contribution is 2.38. The zero-order valence-corrected chi connectivity index (χ0v) is 8.78. The molecular formula is C14H19. The van der Waals surface area contributed by atoms with Crippen molar-refractivity contribution < 1.29 is 0 Å². The van der Waals surface area contributed by atoms with Gasteiger partial charge >= 0.3 is 0 Å². The second kappa shape index (κ2) is 4.63. The van der Waals surface area contributed by atoms with Crippen LogP contribution in [0.4, 0.5) is 0 Å². The molecule has 0 aliphatic heterocycles. The minimum atomic E-state index is 0.721. The average Bonchev–Trinajstić information content (AvgIpc) is 3.02. The first kappa shape index (κ1) is 9.76. The molecule has 1 fully saturated rings. The molecule has 0 heteroatoms. The van der Waals surface area contributed by atoms with Gasteiger partial charge in [-0.25, -0.2) is 0 Å². The van der Waals surface area contributed by atoms with Crippen molar-refractivity contribution in [3.63, 3.8) is 0 Å². The highest BCUT2D eigenvalue weighted by Gasteiger charge is 2.27. The number of aryl methyl sites for hydroxylation is 1. The zero-order chi connectivity index (χ0) is 9.80. The summed E-state index contributed by atoms with van der Waals surface area (Å²) in [5, 5.41) is 0. The fourth-order valence-electron chi connectivity index (χ4n) is 2.02. The average molecular weight is 187 g/mol. The molecule has 1 radical (unpaired) electrons. The molecule has 0 saturated heterocycles. The van der Waals surface area contributed by atoms with Crippen molar-refractivity contribution in [3.05, 3.63) is 42.8 Å². The van der Waals surface area contributed by atoms with Gasteiger partial charge in [-0.05, 0) is 56.4 Å². The fourth-order valence-corrected chi connectivity index (χ4v) is 2.02. The molecular weight excluding hydrogens is 168 g/mol. The fraction of sp³-hybridized carbons (Fsp3) is 0.500. The largest absolute Gasteiger partial charge is 0.0622 e. The van der Waals surface area contributed by atoms with Crippen LogP contribution in [-0.2, 0) is 6.42 Å². The number of hydrogen-bond acceptors (Lipinski definition) is 0. The van der Waals surface area contributed by atoms with Crippen LogP contribution in [0.15, 0.2) is 30.3 Å². The molecule has 1 atom stereocenters. The summed E-state index contributed by atoms with van der Waals surface area (Å²) in [6, 6.07) is 10.8. The van der Waals surface area contributed by atoms with Crippen LogP contribution >= 0.6 is 0 Å². The predicted octanol–water partition coefficient (Wildman–Crippen LogP) is 3.87. The Hall–Kier alpha value is -0.780. The second-order valence-electron chi connectivity index (χ2n) is 4.48. The van der Waals surface area contributed by atoms with Crippen molar-refractivity contribution in [1.29, 1.82) is 0 Å². The summed E-state index contributed by atoms with van der Waals surface area (Å²) in [7, 11) is 0. The van der Waals surface area contributed by atoms with Crippen molar-refractivity contribution in [1.82, 2.24) is 0 Å². The van der Waals surface area contributed by atoms with Crippen molar-refractivity contribution in [3.8, 4) is 0 Å². The lowest BCUT2D eigenvalue weighted by Gasteiger charge is -2.08. The summed E-state index contributed by atoms with van der Waals surface area (Å²) < 4.78 is 0. The van der Waals surface area contributed by atoms with E-state index in [1.54, 1.807) is 0 Å². The lowest BCUT2D eigenvalue weighted by molar-refractivity contribution is 0.499. The van der Waals surface area contributed by atoms with Gasteiger partial charge in [0.25, 0.3) is 0 Å². The van der Waals surface area contributed by atoms with E-state index in [0.29, 0.717) is 0 Å². The Morgan fingerprint density at radius 2 is 1.93 bits per heavy atom. The molecule has 0 N–H and O–H groups in total. The summed E-state index contributed by atoms with van der Waals surface area (Å²) >= 11 is 0. The van der Waals surface area contributed by atoms with Gasteiger partial charge in [0.05, 0.1) is 0 Å². The normalized spacial score (nSPS) is 18.1. The lowest BCUT2D eigenvalue weighted by Crippen LogP contribution is -1.98. The molecule has 1 aliphatic rings. The van der Waals surface area contributed by atoms with E-state index in [4.69, 9.17) is 0 Å². The molecule has 2 rings (SSSR count). The number of rotatable bonds is 5. The van der Waals surface area contributed by atoms with Crippen LogP contribution in [-0.4, -0.2) is 0 Å². The van der Waals surface area contributed by atoms with Gasteiger partial charge in [0.15, 0.2) is 0 Å². The van der Waals surface area contributed by atoms with Crippen LogP contribution in [0.25, 0.3) is 0 Å². The molecule has 75 valence electrons. The third-order valence-corrected chi connectivity index (χ3v) is 3.17. The van der Waals surface area contributed by atoms with Gasteiger partial charge in [0, 0.05) is 0 Å². The van der Waals surface area contributed by atoms with Crippen LogP contribution < -0.4 is 0 Å². The molecule has 0 heterocycles. The molecule has 1 aromatic carbocycles. The lowest BCUT2D eigenvalue weighted by atomic mass is 9.97. The highest BCUT2D eigenvalue weighted by atomic mass is 14.3. The summed E-state index contributed by atoms with van der Waals surface area (Å²) in [6.45, 7) is 4.23. The summed E-state index contributed by atoms with van der Waals surface area (Å²) in [5.41, 5.74) is 1.47. The van der Waals surface area contributed by atoms with Gasteiger partial charge in [-0.15, -0.1) is 0 Å². The molecule has 1 saturated carbocycles. The maximum atomic E-state index is 4.23. The first-order valence-corrected chi connectivity index (χ1v) is 5.73. The van der Waals surface area contributed by atoms with Crippen molar-refractivity contribution in [2.24, 2.45) is 11.8 Å². The molecule has 1 aliphatic carbocycles. The van der Waals surface area contributed by atoms with Crippen molar-refractivity contribution in [2.45, 2.75) is 32.1 Å². The van der Waals surface area contributed by atoms with Gasteiger partial charge in [0.1, 0.15) is 0 Å². The molecule has 14 heavy (non-hydrogen) atoms. The Morgan fingerprint density at radius 3 is 2.57 bits per heavy atom. The smallest absolute Gasteiger partial charge is 0.0279 e. The van der Waals surface area contributed by atoms with Crippen LogP contribution in [0.5, 0.6) is 0 Å². The number of hydrogen-bond donors (Lipinski definition) is 0. The number of benzene rings is 1. The van der Waals surface area contributed by atoms with E-state index in [-0.39, 0.29) is 0 Å². The Bertz CT molecular complexity index is 259.